The summed E-state index contributed by atoms with van der Waals surface area (Å²) in [6.45, 7) is 2.03. The van der Waals surface area contributed by atoms with E-state index in [2.05, 4.69) is 18.2 Å². The van der Waals surface area contributed by atoms with Crippen LogP contribution in [-0.4, -0.2) is 10.5 Å². The van der Waals surface area contributed by atoms with E-state index in [0.717, 1.165) is 29.5 Å². The van der Waals surface area contributed by atoms with Gasteiger partial charge in [-0.25, -0.2) is 0 Å². The zero-order valence-corrected chi connectivity index (χ0v) is 12.8. The third-order valence-electron chi connectivity index (χ3n) is 4.65. The lowest BCUT2D eigenvalue weighted by Crippen LogP contribution is -2.17. The molecule has 0 amide bonds. The summed E-state index contributed by atoms with van der Waals surface area (Å²) >= 11 is 0. The number of carbonyl (C=O) groups is 1. The van der Waals surface area contributed by atoms with Crippen LogP contribution >= 0.6 is 0 Å². The van der Waals surface area contributed by atoms with Crippen molar-refractivity contribution in [2.24, 2.45) is 0 Å². The quantitative estimate of drug-likeness (QED) is 0.645. The highest BCUT2D eigenvalue weighted by Crippen LogP contribution is 2.32. The summed E-state index contributed by atoms with van der Waals surface area (Å²) in [6.07, 6.45) is 4.48. The molecule has 2 heteroatoms. The van der Waals surface area contributed by atoms with Crippen molar-refractivity contribution in [1.29, 1.82) is 0 Å². The van der Waals surface area contributed by atoms with Gasteiger partial charge < -0.3 is 0 Å². The molecule has 0 saturated heterocycles. The summed E-state index contributed by atoms with van der Waals surface area (Å²) in [5, 5.41) is 1.25. The van der Waals surface area contributed by atoms with Crippen molar-refractivity contribution in [2.75, 3.05) is 0 Å². The standard InChI is InChI=1S/C20H19NO/c1-14-7-6-8-15(13-14)20(22)21-18-11-4-2-9-16(18)17-10-3-5-12-19(17)21/h2,4,6-9,11,13H,3,5,10,12H2,1H3. The molecule has 110 valence electrons. The average Bonchev–Trinajstić information content (AvgIpc) is 2.89. The Morgan fingerprint density at radius 3 is 2.68 bits per heavy atom. The fourth-order valence-electron chi connectivity index (χ4n) is 3.63. The SMILES string of the molecule is Cc1cccc(C(=O)n2c3c(c4ccccc42)CCCC3)c1. The summed E-state index contributed by atoms with van der Waals surface area (Å²) in [7, 11) is 0. The maximum atomic E-state index is 13.1. The molecule has 1 aliphatic carbocycles. The van der Waals surface area contributed by atoms with Crippen LogP contribution in [0.4, 0.5) is 0 Å². The van der Waals surface area contributed by atoms with Crippen molar-refractivity contribution in [2.45, 2.75) is 32.6 Å². The Balaban J connectivity index is 1.96. The minimum absolute atomic E-state index is 0.100. The summed E-state index contributed by atoms with van der Waals surface area (Å²) in [4.78, 5) is 13.1. The molecule has 0 spiro atoms. The molecule has 0 atom stereocenters. The zero-order valence-electron chi connectivity index (χ0n) is 12.8. The largest absolute Gasteiger partial charge is 0.280 e. The zero-order chi connectivity index (χ0) is 15.1. The van der Waals surface area contributed by atoms with E-state index in [-0.39, 0.29) is 5.91 Å². The molecular formula is C20H19NO. The van der Waals surface area contributed by atoms with Crippen LogP contribution in [0, 0.1) is 6.92 Å². The van der Waals surface area contributed by atoms with E-state index in [1.54, 1.807) is 0 Å². The minimum atomic E-state index is 0.100. The van der Waals surface area contributed by atoms with E-state index < -0.39 is 0 Å². The fourth-order valence-corrected chi connectivity index (χ4v) is 3.63. The van der Waals surface area contributed by atoms with Crippen LogP contribution in [-0.2, 0) is 12.8 Å². The third kappa shape index (κ3) is 1.98. The van der Waals surface area contributed by atoms with Crippen molar-refractivity contribution in [3.63, 3.8) is 0 Å². The van der Waals surface area contributed by atoms with E-state index >= 15 is 0 Å². The third-order valence-corrected chi connectivity index (χ3v) is 4.65. The second-order valence-corrected chi connectivity index (χ2v) is 6.16. The fraction of sp³-hybridized carbons (Fsp3) is 0.250. The van der Waals surface area contributed by atoms with Gasteiger partial charge in [0.25, 0.3) is 5.91 Å². The van der Waals surface area contributed by atoms with Gasteiger partial charge in [0.1, 0.15) is 0 Å². The summed E-state index contributed by atoms with van der Waals surface area (Å²) in [6, 6.07) is 16.2. The molecule has 4 rings (SSSR count). The normalized spacial score (nSPS) is 14.0. The Morgan fingerprint density at radius 1 is 1.00 bits per heavy atom. The van der Waals surface area contributed by atoms with Gasteiger partial charge in [-0.05, 0) is 56.4 Å². The molecule has 1 heterocycles. The highest BCUT2D eigenvalue weighted by molar-refractivity contribution is 6.04. The maximum Gasteiger partial charge on any atom is 0.262 e. The van der Waals surface area contributed by atoms with Crippen LogP contribution in [0.15, 0.2) is 48.5 Å². The lowest BCUT2D eigenvalue weighted by atomic mass is 9.95. The molecule has 1 aromatic heterocycles. The van der Waals surface area contributed by atoms with Gasteiger partial charge in [-0.3, -0.25) is 9.36 Å². The van der Waals surface area contributed by atoms with Gasteiger partial charge in [-0.2, -0.15) is 0 Å². The Bertz CT molecular complexity index is 873. The predicted octanol–water partition coefficient (Wildman–Crippen LogP) is 4.52. The first-order valence-electron chi connectivity index (χ1n) is 7.98. The van der Waals surface area contributed by atoms with Crippen molar-refractivity contribution >= 4 is 16.8 Å². The molecule has 0 N–H and O–H groups in total. The first-order chi connectivity index (χ1) is 10.8. The molecule has 0 bridgehead atoms. The number of hydrogen-bond donors (Lipinski definition) is 0. The molecule has 1 aliphatic rings. The molecule has 0 saturated carbocycles. The Kier molecular flexibility index (Phi) is 3.11. The number of carbonyl (C=O) groups excluding carboxylic acids is 1. The molecule has 2 nitrogen and oxygen atoms in total. The van der Waals surface area contributed by atoms with Crippen LogP contribution in [0.2, 0.25) is 0 Å². The monoisotopic (exact) mass is 289 g/mol. The molecule has 2 aromatic carbocycles. The molecule has 0 radical (unpaired) electrons. The number of aromatic nitrogens is 1. The molecule has 3 aromatic rings. The van der Waals surface area contributed by atoms with Gasteiger partial charge in [-0.15, -0.1) is 0 Å². The number of aryl methyl sites for hydroxylation is 2. The highest BCUT2D eigenvalue weighted by Gasteiger charge is 2.23. The predicted molar refractivity (Wildman–Crippen MR) is 89.5 cm³/mol. The van der Waals surface area contributed by atoms with E-state index in [0.29, 0.717) is 0 Å². The molecular weight excluding hydrogens is 270 g/mol. The van der Waals surface area contributed by atoms with Crippen LogP contribution in [0.5, 0.6) is 0 Å². The molecule has 22 heavy (non-hydrogen) atoms. The van der Waals surface area contributed by atoms with Crippen molar-refractivity contribution in [3.8, 4) is 0 Å². The van der Waals surface area contributed by atoms with Crippen LogP contribution < -0.4 is 0 Å². The first kappa shape index (κ1) is 13.3. The maximum absolute atomic E-state index is 13.1. The first-order valence-corrected chi connectivity index (χ1v) is 7.98. The summed E-state index contributed by atoms with van der Waals surface area (Å²) in [5.74, 6) is 0.100. The topological polar surface area (TPSA) is 22.0 Å². The van der Waals surface area contributed by atoms with Gasteiger partial charge >= 0.3 is 0 Å². The second kappa shape index (κ2) is 5.13. The number of para-hydroxylation sites is 1. The van der Waals surface area contributed by atoms with Crippen molar-refractivity contribution in [1.82, 2.24) is 4.57 Å². The summed E-state index contributed by atoms with van der Waals surface area (Å²) < 4.78 is 1.96. The minimum Gasteiger partial charge on any atom is -0.280 e. The highest BCUT2D eigenvalue weighted by atomic mass is 16.2. The lowest BCUT2D eigenvalue weighted by molar-refractivity contribution is 0.0961. The second-order valence-electron chi connectivity index (χ2n) is 6.16. The van der Waals surface area contributed by atoms with Crippen LogP contribution in [0.3, 0.4) is 0 Å². The molecule has 0 fully saturated rings. The molecule has 0 unspecified atom stereocenters. The number of hydrogen-bond acceptors (Lipinski definition) is 1. The number of nitrogens with zero attached hydrogens (tertiary/aromatic N) is 1. The summed E-state index contributed by atoms with van der Waals surface area (Å²) in [5.41, 5.74) is 5.55. The van der Waals surface area contributed by atoms with Crippen LogP contribution in [0.25, 0.3) is 10.9 Å². The molecule has 0 aliphatic heterocycles. The smallest absolute Gasteiger partial charge is 0.262 e. The number of rotatable bonds is 1. The lowest BCUT2D eigenvalue weighted by Gasteiger charge is -2.15. The van der Waals surface area contributed by atoms with E-state index in [1.165, 1.54) is 29.5 Å². The average molecular weight is 289 g/mol. The Hall–Kier alpha value is -2.35. The van der Waals surface area contributed by atoms with Gasteiger partial charge in [0.05, 0.1) is 5.52 Å². The van der Waals surface area contributed by atoms with Crippen molar-refractivity contribution in [3.05, 3.63) is 70.9 Å². The van der Waals surface area contributed by atoms with Gasteiger partial charge in [0, 0.05) is 16.6 Å². The van der Waals surface area contributed by atoms with Crippen LogP contribution in [0.1, 0.15) is 40.0 Å². The number of benzene rings is 2. The Morgan fingerprint density at radius 2 is 1.82 bits per heavy atom. The van der Waals surface area contributed by atoms with Gasteiger partial charge in [0.15, 0.2) is 0 Å². The van der Waals surface area contributed by atoms with Crippen molar-refractivity contribution < 1.29 is 4.79 Å². The van der Waals surface area contributed by atoms with Gasteiger partial charge in [-0.1, -0.05) is 35.9 Å². The van der Waals surface area contributed by atoms with E-state index in [9.17, 15) is 4.79 Å². The van der Waals surface area contributed by atoms with E-state index in [4.69, 9.17) is 0 Å². The Labute approximate surface area is 130 Å². The van der Waals surface area contributed by atoms with Gasteiger partial charge in [0.2, 0.25) is 0 Å². The van der Waals surface area contributed by atoms with E-state index in [1.807, 2.05) is 41.8 Å². The number of fused-ring (bicyclic) bond motifs is 3.